The molecule has 2 aromatic rings. The summed E-state index contributed by atoms with van der Waals surface area (Å²) in [6, 6.07) is 15.5. The quantitative estimate of drug-likeness (QED) is 0.829. The predicted octanol–water partition coefficient (Wildman–Crippen LogP) is 4.49. The molecular weight excluding hydrogens is 338 g/mol. The van der Waals surface area contributed by atoms with Gasteiger partial charge in [0.05, 0.1) is 6.10 Å². The lowest BCUT2D eigenvalue weighted by Crippen LogP contribution is -2.24. The largest absolute Gasteiger partial charge is 0.387 e. The van der Waals surface area contributed by atoms with Crippen molar-refractivity contribution < 1.29 is 5.11 Å². The molecule has 0 bridgehead atoms. The second-order valence-electron chi connectivity index (χ2n) is 4.72. The topological polar surface area (TPSA) is 32.3 Å². The number of halogens is 2. The summed E-state index contributed by atoms with van der Waals surface area (Å²) in [4.78, 5) is 0. The number of benzene rings is 2. The second kappa shape index (κ2) is 7.23. The van der Waals surface area contributed by atoms with Crippen molar-refractivity contribution >= 4 is 27.5 Å². The highest BCUT2D eigenvalue weighted by Gasteiger charge is 2.12. The number of aliphatic hydroxyl groups excluding tert-OH is 1. The van der Waals surface area contributed by atoms with Crippen LogP contribution in [0.5, 0.6) is 0 Å². The van der Waals surface area contributed by atoms with Gasteiger partial charge < -0.3 is 10.4 Å². The lowest BCUT2D eigenvalue weighted by Gasteiger charge is -2.19. The highest BCUT2D eigenvalue weighted by Crippen LogP contribution is 2.23. The fourth-order valence-corrected chi connectivity index (χ4v) is 2.78. The summed E-state index contributed by atoms with van der Waals surface area (Å²) in [6.07, 6.45) is -0.544. The van der Waals surface area contributed by atoms with Gasteiger partial charge >= 0.3 is 0 Å². The number of rotatable bonds is 5. The Kier molecular flexibility index (Phi) is 5.61. The van der Waals surface area contributed by atoms with E-state index in [2.05, 4.69) is 34.2 Å². The standard InChI is InChI=1S/C16H17BrClNO/c1-11(14-4-2-3-5-15(14)17)19-10-16(20)12-6-8-13(18)9-7-12/h2-9,11,16,19-20H,10H2,1H3/t11-,16?/m1/s1. The first-order valence-electron chi connectivity index (χ1n) is 6.49. The Morgan fingerprint density at radius 2 is 1.80 bits per heavy atom. The van der Waals surface area contributed by atoms with Crippen LogP contribution in [-0.4, -0.2) is 11.7 Å². The summed E-state index contributed by atoms with van der Waals surface area (Å²) in [7, 11) is 0. The first kappa shape index (κ1) is 15.5. The van der Waals surface area contributed by atoms with Crippen LogP contribution in [0.15, 0.2) is 53.0 Å². The molecule has 0 aliphatic heterocycles. The number of hydrogen-bond acceptors (Lipinski definition) is 2. The second-order valence-corrected chi connectivity index (χ2v) is 6.01. The fourth-order valence-electron chi connectivity index (χ4n) is 2.03. The molecule has 2 N–H and O–H groups in total. The van der Waals surface area contributed by atoms with Gasteiger partial charge in [0, 0.05) is 22.1 Å². The monoisotopic (exact) mass is 353 g/mol. The van der Waals surface area contributed by atoms with E-state index in [-0.39, 0.29) is 6.04 Å². The lowest BCUT2D eigenvalue weighted by molar-refractivity contribution is 0.171. The van der Waals surface area contributed by atoms with Crippen LogP contribution in [0, 0.1) is 0 Å². The summed E-state index contributed by atoms with van der Waals surface area (Å²) >= 11 is 9.38. The van der Waals surface area contributed by atoms with Crippen molar-refractivity contribution in [3.05, 3.63) is 69.2 Å². The van der Waals surface area contributed by atoms with Crippen molar-refractivity contribution in [1.29, 1.82) is 0 Å². The molecule has 0 fully saturated rings. The molecule has 2 rings (SSSR count). The van der Waals surface area contributed by atoms with Gasteiger partial charge in [-0.25, -0.2) is 0 Å². The third-order valence-electron chi connectivity index (χ3n) is 3.24. The van der Waals surface area contributed by atoms with E-state index in [9.17, 15) is 5.11 Å². The van der Waals surface area contributed by atoms with Crippen LogP contribution in [0.25, 0.3) is 0 Å². The summed E-state index contributed by atoms with van der Waals surface area (Å²) in [5, 5.41) is 14.2. The van der Waals surface area contributed by atoms with E-state index in [0.29, 0.717) is 11.6 Å². The Balaban J connectivity index is 1.95. The van der Waals surface area contributed by atoms with Gasteiger partial charge in [-0.3, -0.25) is 0 Å². The van der Waals surface area contributed by atoms with Crippen LogP contribution in [-0.2, 0) is 0 Å². The molecule has 0 saturated heterocycles. The summed E-state index contributed by atoms with van der Waals surface area (Å²) in [5.74, 6) is 0. The van der Waals surface area contributed by atoms with Crippen molar-refractivity contribution in [3.63, 3.8) is 0 Å². The maximum absolute atomic E-state index is 10.2. The van der Waals surface area contributed by atoms with Crippen molar-refractivity contribution in [3.8, 4) is 0 Å². The number of aliphatic hydroxyl groups is 1. The minimum atomic E-state index is -0.544. The molecule has 2 nitrogen and oxygen atoms in total. The van der Waals surface area contributed by atoms with Crippen molar-refractivity contribution in [2.45, 2.75) is 19.1 Å². The van der Waals surface area contributed by atoms with E-state index in [0.717, 1.165) is 10.0 Å². The molecule has 0 radical (unpaired) electrons. The first-order valence-corrected chi connectivity index (χ1v) is 7.66. The minimum absolute atomic E-state index is 0.160. The molecule has 4 heteroatoms. The smallest absolute Gasteiger partial charge is 0.0914 e. The fraction of sp³-hybridized carbons (Fsp3) is 0.250. The van der Waals surface area contributed by atoms with Crippen molar-refractivity contribution in [2.75, 3.05) is 6.54 Å². The normalized spacial score (nSPS) is 14.0. The van der Waals surface area contributed by atoms with Crippen LogP contribution < -0.4 is 5.32 Å². The molecule has 0 aromatic heterocycles. The molecular formula is C16H17BrClNO. The molecule has 0 amide bonds. The van der Waals surface area contributed by atoms with Crippen molar-refractivity contribution in [2.24, 2.45) is 0 Å². The summed E-state index contributed by atoms with van der Waals surface area (Å²) in [6.45, 7) is 2.57. The third-order valence-corrected chi connectivity index (χ3v) is 4.22. The van der Waals surface area contributed by atoms with E-state index in [1.54, 1.807) is 12.1 Å². The Bertz CT molecular complexity index is 559. The maximum atomic E-state index is 10.2. The Hall–Kier alpha value is -0.870. The zero-order chi connectivity index (χ0) is 14.5. The molecule has 20 heavy (non-hydrogen) atoms. The number of hydrogen-bond donors (Lipinski definition) is 2. The molecule has 0 heterocycles. The van der Waals surface area contributed by atoms with Crippen molar-refractivity contribution in [1.82, 2.24) is 5.32 Å². The molecule has 0 saturated carbocycles. The van der Waals surface area contributed by atoms with E-state index in [1.807, 2.05) is 30.3 Å². The lowest BCUT2D eigenvalue weighted by atomic mass is 10.1. The average Bonchev–Trinajstić information content (AvgIpc) is 2.45. The Labute approximate surface area is 132 Å². The SMILES string of the molecule is C[C@@H](NCC(O)c1ccc(Cl)cc1)c1ccccc1Br. The highest BCUT2D eigenvalue weighted by atomic mass is 79.9. The van der Waals surface area contributed by atoms with E-state index in [4.69, 9.17) is 11.6 Å². The molecule has 0 aliphatic rings. The zero-order valence-corrected chi connectivity index (χ0v) is 13.5. The van der Waals surface area contributed by atoms with E-state index >= 15 is 0 Å². The Morgan fingerprint density at radius 3 is 2.45 bits per heavy atom. The number of nitrogens with one attached hydrogen (secondary N) is 1. The van der Waals surface area contributed by atoms with Crippen LogP contribution in [0.3, 0.4) is 0 Å². The van der Waals surface area contributed by atoms with Gasteiger partial charge in [-0.1, -0.05) is 57.9 Å². The summed E-state index contributed by atoms with van der Waals surface area (Å²) in [5.41, 5.74) is 2.04. The molecule has 2 atom stereocenters. The van der Waals surface area contributed by atoms with Gasteiger partial charge in [-0.05, 0) is 36.2 Å². The van der Waals surface area contributed by atoms with Gasteiger partial charge in [0.25, 0.3) is 0 Å². The molecule has 0 aliphatic carbocycles. The molecule has 0 spiro atoms. The Morgan fingerprint density at radius 1 is 1.15 bits per heavy atom. The van der Waals surface area contributed by atoms with Gasteiger partial charge in [0.1, 0.15) is 0 Å². The molecule has 2 aromatic carbocycles. The average molecular weight is 355 g/mol. The molecule has 1 unspecified atom stereocenters. The van der Waals surface area contributed by atoms with Crippen LogP contribution in [0.1, 0.15) is 30.2 Å². The zero-order valence-electron chi connectivity index (χ0n) is 11.2. The van der Waals surface area contributed by atoms with Gasteiger partial charge in [-0.15, -0.1) is 0 Å². The highest BCUT2D eigenvalue weighted by molar-refractivity contribution is 9.10. The van der Waals surface area contributed by atoms with Gasteiger partial charge in [0.15, 0.2) is 0 Å². The predicted molar refractivity (Wildman–Crippen MR) is 87.0 cm³/mol. The van der Waals surface area contributed by atoms with E-state index in [1.165, 1.54) is 5.56 Å². The van der Waals surface area contributed by atoms with Crippen LogP contribution >= 0.6 is 27.5 Å². The maximum Gasteiger partial charge on any atom is 0.0914 e. The molecule has 106 valence electrons. The third kappa shape index (κ3) is 4.06. The van der Waals surface area contributed by atoms with Crippen LogP contribution in [0.2, 0.25) is 5.02 Å². The summed E-state index contributed by atoms with van der Waals surface area (Å²) < 4.78 is 1.07. The van der Waals surface area contributed by atoms with E-state index < -0.39 is 6.10 Å². The van der Waals surface area contributed by atoms with Gasteiger partial charge in [-0.2, -0.15) is 0 Å². The van der Waals surface area contributed by atoms with Crippen LogP contribution in [0.4, 0.5) is 0 Å². The minimum Gasteiger partial charge on any atom is -0.387 e. The van der Waals surface area contributed by atoms with Gasteiger partial charge in [0.2, 0.25) is 0 Å². The first-order chi connectivity index (χ1) is 9.58.